The Morgan fingerprint density at radius 2 is 2.00 bits per heavy atom. The van der Waals surface area contributed by atoms with Gasteiger partial charge < -0.3 is 15.5 Å². The highest BCUT2D eigenvalue weighted by atomic mass is 19.1. The first-order chi connectivity index (χ1) is 13.7. The lowest BCUT2D eigenvalue weighted by Crippen LogP contribution is -2.40. The largest absolute Gasteiger partial charge is 0.357 e. The van der Waals surface area contributed by atoms with Crippen LogP contribution >= 0.6 is 0 Å². The Kier molecular flexibility index (Phi) is 5.46. The number of anilines is 1. The molecule has 1 aliphatic carbocycles. The summed E-state index contributed by atoms with van der Waals surface area (Å²) in [5, 5.41) is 6.75. The molecule has 6 heteroatoms. The van der Waals surface area contributed by atoms with Gasteiger partial charge in [0.05, 0.1) is 0 Å². The topological polar surface area (TPSA) is 52.6 Å². The van der Waals surface area contributed by atoms with Crippen LogP contribution in [-0.2, 0) is 12.0 Å². The van der Waals surface area contributed by atoms with Gasteiger partial charge in [0.2, 0.25) is 0 Å². The van der Waals surface area contributed by atoms with E-state index >= 15 is 0 Å². The monoisotopic (exact) mass is 381 g/mol. The first kappa shape index (κ1) is 18.7. The van der Waals surface area contributed by atoms with Crippen molar-refractivity contribution in [3.63, 3.8) is 0 Å². The van der Waals surface area contributed by atoms with Gasteiger partial charge >= 0.3 is 0 Å². The fourth-order valence-corrected chi connectivity index (χ4v) is 3.85. The predicted octanol–water partition coefficient (Wildman–Crippen LogP) is 3.22. The Labute approximate surface area is 166 Å². The molecular formula is C22H28FN5. The van der Waals surface area contributed by atoms with E-state index in [2.05, 4.69) is 37.6 Å². The van der Waals surface area contributed by atoms with Crippen LogP contribution in [0.15, 0.2) is 47.6 Å². The van der Waals surface area contributed by atoms with Gasteiger partial charge in [0, 0.05) is 44.8 Å². The van der Waals surface area contributed by atoms with Crippen molar-refractivity contribution in [2.45, 2.75) is 37.6 Å². The highest BCUT2D eigenvalue weighted by molar-refractivity contribution is 5.79. The summed E-state index contributed by atoms with van der Waals surface area (Å²) in [6.07, 6.45) is 6.59. The number of aliphatic imine (C=N–C) groups is 1. The number of hydrogen-bond acceptors (Lipinski definition) is 3. The van der Waals surface area contributed by atoms with E-state index in [0.29, 0.717) is 6.54 Å². The van der Waals surface area contributed by atoms with Crippen LogP contribution in [0.5, 0.6) is 0 Å². The third kappa shape index (κ3) is 4.26. The smallest absolute Gasteiger partial charge is 0.191 e. The average Bonchev–Trinajstić information content (AvgIpc) is 3.32. The molecule has 0 amide bonds. The minimum atomic E-state index is -0.170. The Hall–Kier alpha value is -2.63. The molecule has 1 aromatic carbocycles. The normalized spacial score (nSPS) is 18.2. The summed E-state index contributed by atoms with van der Waals surface area (Å²) in [6, 6.07) is 11.2. The molecule has 0 atom stereocenters. The van der Waals surface area contributed by atoms with E-state index in [4.69, 9.17) is 0 Å². The van der Waals surface area contributed by atoms with Crippen molar-refractivity contribution < 1.29 is 4.39 Å². The third-order valence-corrected chi connectivity index (χ3v) is 5.81. The second kappa shape index (κ2) is 8.17. The van der Waals surface area contributed by atoms with Crippen LogP contribution in [0.1, 0.15) is 36.8 Å². The molecule has 0 radical (unpaired) electrons. The van der Waals surface area contributed by atoms with E-state index < -0.39 is 0 Å². The second-order valence-electron chi connectivity index (χ2n) is 7.79. The lowest BCUT2D eigenvalue weighted by atomic mass is 9.96. The summed E-state index contributed by atoms with van der Waals surface area (Å²) in [4.78, 5) is 11.2. The van der Waals surface area contributed by atoms with Crippen molar-refractivity contribution in [1.29, 1.82) is 0 Å². The van der Waals surface area contributed by atoms with Gasteiger partial charge in [0.1, 0.15) is 11.6 Å². The minimum absolute atomic E-state index is 0.0264. The molecule has 1 saturated carbocycles. The Balaban J connectivity index is 1.29. The number of nitrogens with zero attached hydrogens (tertiary/aromatic N) is 3. The first-order valence-electron chi connectivity index (χ1n) is 10.1. The summed E-state index contributed by atoms with van der Waals surface area (Å²) in [6.45, 7) is 3.63. The van der Waals surface area contributed by atoms with Crippen molar-refractivity contribution in [2.75, 3.05) is 31.6 Å². The number of hydrogen-bond donors (Lipinski definition) is 2. The molecule has 5 nitrogen and oxygen atoms in total. The molecule has 2 heterocycles. The molecule has 0 bridgehead atoms. The summed E-state index contributed by atoms with van der Waals surface area (Å²) < 4.78 is 13.6. The van der Waals surface area contributed by atoms with Crippen molar-refractivity contribution >= 4 is 11.8 Å². The molecule has 2 aliphatic rings. The van der Waals surface area contributed by atoms with Crippen LogP contribution in [0, 0.1) is 5.82 Å². The molecule has 2 N–H and O–H groups in total. The maximum absolute atomic E-state index is 13.6. The zero-order valence-electron chi connectivity index (χ0n) is 16.4. The van der Waals surface area contributed by atoms with Crippen molar-refractivity contribution in [3.05, 3.63) is 59.5 Å². The van der Waals surface area contributed by atoms with E-state index in [0.717, 1.165) is 55.4 Å². The van der Waals surface area contributed by atoms with Crippen LogP contribution in [0.3, 0.4) is 0 Å². The Morgan fingerprint density at radius 3 is 2.64 bits per heavy atom. The van der Waals surface area contributed by atoms with E-state index in [-0.39, 0.29) is 11.2 Å². The quantitative estimate of drug-likeness (QED) is 0.596. The molecule has 4 rings (SSSR count). The van der Waals surface area contributed by atoms with Crippen molar-refractivity contribution in [3.8, 4) is 0 Å². The number of pyridine rings is 1. The highest BCUT2D eigenvalue weighted by Crippen LogP contribution is 2.47. The molecule has 0 unspecified atom stereocenters. The standard InChI is InChI=1S/C22H28FN5/c1-24-21(27-16-22(9-10-22)18-5-4-6-19(23)13-18)26-15-17-7-8-20(25-14-17)28-11-2-3-12-28/h4-8,13-14H,2-3,9-12,15-16H2,1H3,(H2,24,26,27). The Morgan fingerprint density at radius 1 is 1.18 bits per heavy atom. The van der Waals surface area contributed by atoms with Gasteiger partial charge in [-0.15, -0.1) is 0 Å². The maximum Gasteiger partial charge on any atom is 0.191 e. The van der Waals surface area contributed by atoms with Gasteiger partial charge in [0.15, 0.2) is 5.96 Å². The number of aromatic nitrogens is 1. The molecule has 148 valence electrons. The van der Waals surface area contributed by atoms with Crippen LogP contribution in [0.4, 0.5) is 10.2 Å². The molecule has 2 fully saturated rings. The first-order valence-corrected chi connectivity index (χ1v) is 10.1. The molecule has 1 saturated heterocycles. The van der Waals surface area contributed by atoms with Gasteiger partial charge in [0.25, 0.3) is 0 Å². The van der Waals surface area contributed by atoms with E-state index in [1.807, 2.05) is 12.3 Å². The number of nitrogens with one attached hydrogen (secondary N) is 2. The van der Waals surface area contributed by atoms with Crippen LogP contribution in [0.2, 0.25) is 0 Å². The molecule has 2 aromatic rings. The van der Waals surface area contributed by atoms with Crippen LogP contribution < -0.4 is 15.5 Å². The van der Waals surface area contributed by atoms with Crippen LogP contribution in [0.25, 0.3) is 0 Å². The summed E-state index contributed by atoms with van der Waals surface area (Å²) in [7, 11) is 1.77. The zero-order chi connectivity index (χ0) is 19.4. The minimum Gasteiger partial charge on any atom is -0.357 e. The van der Waals surface area contributed by atoms with Crippen molar-refractivity contribution in [2.24, 2.45) is 4.99 Å². The SMILES string of the molecule is CN=C(NCc1ccc(N2CCCC2)nc1)NCC1(c2cccc(F)c2)CC1. The summed E-state index contributed by atoms with van der Waals surface area (Å²) in [5.74, 6) is 1.65. The number of halogens is 1. The molecular weight excluding hydrogens is 353 g/mol. The average molecular weight is 381 g/mol. The molecule has 0 spiro atoms. The molecule has 1 aromatic heterocycles. The lowest BCUT2D eigenvalue weighted by molar-refractivity contribution is 0.607. The number of guanidine groups is 1. The molecule has 28 heavy (non-hydrogen) atoms. The molecule has 1 aliphatic heterocycles. The third-order valence-electron chi connectivity index (χ3n) is 5.81. The summed E-state index contributed by atoms with van der Waals surface area (Å²) in [5.41, 5.74) is 2.22. The van der Waals surface area contributed by atoms with E-state index in [1.165, 1.54) is 18.9 Å². The van der Waals surface area contributed by atoms with Gasteiger partial charge in [-0.3, -0.25) is 4.99 Å². The van der Waals surface area contributed by atoms with E-state index in [1.54, 1.807) is 19.2 Å². The Bertz CT molecular complexity index is 823. The fourth-order valence-electron chi connectivity index (χ4n) is 3.85. The van der Waals surface area contributed by atoms with E-state index in [9.17, 15) is 4.39 Å². The van der Waals surface area contributed by atoms with Gasteiger partial charge in [-0.25, -0.2) is 9.37 Å². The fraction of sp³-hybridized carbons (Fsp3) is 0.455. The maximum atomic E-state index is 13.6. The zero-order valence-corrected chi connectivity index (χ0v) is 16.4. The van der Waals surface area contributed by atoms with Crippen LogP contribution in [-0.4, -0.2) is 37.6 Å². The number of benzene rings is 1. The second-order valence-corrected chi connectivity index (χ2v) is 7.79. The highest BCUT2D eigenvalue weighted by Gasteiger charge is 2.44. The van der Waals surface area contributed by atoms with Gasteiger partial charge in [-0.1, -0.05) is 18.2 Å². The summed E-state index contributed by atoms with van der Waals surface area (Å²) >= 11 is 0. The predicted molar refractivity (Wildman–Crippen MR) is 111 cm³/mol. The van der Waals surface area contributed by atoms with Gasteiger partial charge in [-0.05, 0) is 55.0 Å². The lowest BCUT2D eigenvalue weighted by Gasteiger charge is -2.19. The van der Waals surface area contributed by atoms with Gasteiger partial charge in [-0.2, -0.15) is 0 Å². The van der Waals surface area contributed by atoms with Crippen molar-refractivity contribution in [1.82, 2.24) is 15.6 Å². The number of rotatable bonds is 6.